The van der Waals surface area contributed by atoms with Crippen LogP contribution in [0.1, 0.15) is 16.1 Å². The summed E-state index contributed by atoms with van der Waals surface area (Å²) in [6.45, 7) is 1.11. The van der Waals surface area contributed by atoms with Gasteiger partial charge in [0.1, 0.15) is 0 Å². The number of nitrogens with zero attached hydrogens (tertiary/aromatic N) is 4. The molecule has 1 saturated heterocycles. The number of anilines is 1. The average Bonchev–Trinajstić information content (AvgIpc) is 2.99. The summed E-state index contributed by atoms with van der Waals surface area (Å²) in [6.07, 6.45) is 4.39. The van der Waals surface area contributed by atoms with Crippen LogP contribution in [0.25, 0.3) is 0 Å². The predicted molar refractivity (Wildman–Crippen MR) is 76.7 cm³/mol. The van der Waals surface area contributed by atoms with Crippen molar-refractivity contribution >= 4 is 11.7 Å². The number of alkyl halides is 2. The molecule has 0 aromatic carbocycles. The minimum atomic E-state index is -2.48. The second kappa shape index (κ2) is 4.74. The normalized spacial score (nSPS) is 24.5. The number of piperidine rings is 1. The quantitative estimate of drug-likeness (QED) is 0.929. The fraction of sp³-hybridized carbons (Fsp3) is 0.400. The lowest BCUT2D eigenvalue weighted by Gasteiger charge is -2.21. The molecule has 0 spiro atoms. The molecule has 4 rings (SSSR count). The van der Waals surface area contributed by atoms with E-state index >= 15 is 0 Å². The highest BCUT2D eigenvalue weighted by Gasteiger charge is 2.71. The van der Waals surface area contributed by atoms with Crippen molar-refractivity contribution in [1.29, 1.82) is 0 Å². The van der Waals surface area contributed by atoms with Crippen LogP contribution in [-0.4, -0.2) is 44.9 Å². The highest BCUT2D eigenvalue weighted by atomic mass is 19.3. The highest BCUT2D eigenvalue weighted by Crippen LogP contribution is 2.59. The topological polar surface area (TPSA) is 71.2 Å². The molecule has 0 bridgehead atoms. The van der Waals surface area contributed by atoms with Crippen molar-refractivity contribution in [2.24, 2.45) is 11.8 Å². The van der Waals surface area contributed by atoms with Crippen molar-refractivity contribution < 1.29 is 18.7 Å². The summed E-state index contributed by atoms with van der Waals surface area (Å²) < 4.78 is 27.9. The minimum Gasteiger partial charge on any atom is -0.478 e. The third kappa shape index (κ3) is 2.34. The van der Waals surface area contributed by atoms with Crippen molar-refractivity contribution in [1.82, 2.24) is 14.8 Å². The summed E-state index contributed by atoms with van der Waals surface area (Å²) >= 11 is 0. The van der Waals surface area contributed by atoms with E-state index in [-0.39, 0.29) is 5.56 Å². The van der Waals surface area contributed by atoms with Crippen LogP contribution < -0.4 is 4.90 Å². The van der Waals surface area contributed by atoms with Gasteiger partial charge in [-0.25, -0.2) is 13.6 Å². The molecule has 0 radical (unpaired) electrons. The highest BCUT2D eigenvalue weighted by molar-refractivity contribution is 5.86. The molecule has 1 aliphatic heterocycles. The van der Waals surface area contributed by atoms with Gasteiger partial charge in [-0.1, -0.05) is 0 Å². The molecule has 2 aromatic heterocycles. The van der Waals surface area contributed by atoms with Gasteiger partial charge < -0.3 is 10.0 Å². The van der Waals surface area contributed by atoms with Gasteiger partial charge in [0.2, 0.25) is 0 Å². The maximum atomic E-state index is 13.2. The summed E-state index contributed by atoms with van der Waals surface area (Å²) in [6, 6.07) is 3.66. The number of hydrogen-bond donors (Lipinski definition) is 1. The third-order valence-electron chi connectivity index (χ3n) is 4.58. The van der Waals surface area contributed by atoms with Crippen LogP contribution in [0.3, 0.4) is 0 Å². The lowest BCUT2D eigenvalue weighted by Crippen LogP contribution is -2.27. The Bertz CT molecular complexity index is 745. The Balaban J connectivity index is 1.41. The number of carbonyl (C=O) groups is 1. The molecule has 1 saturated carbocycles. The van der Waals surface area contributed by atoms with E-state index in [0.717, 1.165) is 11.4 Å². The Kier molecular flexibility index (Phi) is 2.91. The van der Waals surface area contributed by atoms with E-state index in [4.69, 9.17) is 5.11 Å². The van der Waals surface area contributed by atoms with Crippen LogP contribution in [-0.2, 0) is 6.54 Å². The van der Waals surface area contributed by atoms with Gasteiger partial charge in [-0.05, 0) is 12.1 Å². The zero-order valence-corrected chi connectivity index (χ0v) is 12.1. The Morgan fingerprint density at radius 2 is 2.04 bits per heavy atom. The minimum absolute atomic E-state index is 0.124. The van der Waals surface area contributed by atoms with Crippen molar-refractivity contribution in [3.05, 3.63) is 42.0 Å². The molecule has 0 amide bonds. The van der Waals surface area contributed by atoms with E-state index in [9.17, 15) is 13.6 Å². The summed E-state index contributed by atoms with van der Waals surface area (Å²) in [5.74, 6) is -4.53. The molecule has 2 fully saturated rings. The first-order valence-corrected chi connectivity index (χ1v) is 7.28. The Morgan fingerprint density at radius 1 is 1.30 bits per heavy atom. The van der Waals surface area contributed by atoms with Gasteiger partial charge >= 0.3 is 5.97 Å². The number of carboxylic acid groups (broad SMARTS) is 1. The van der Waals surface area contributed by atoms with Crippen LogP contribution in [0, 0.1) is 11.8 Å². The second-order valence-corrected chi connectivity index (χ2v) is 6.03. The molecular weight excluding hydrogens is 306 g/mol. The number of hydrogen-bond acceptors (Lipinski definition) is 4. The van der Waals surface area contributed by atoms with E-state index in [2.05, 4.69) is 10.1 Å². The third-order valence-corrected chi connectivity index (χ3v) is 4.58. The van der Waals surface area contributed by atoms with Gasteiger partial charge in [0.25, 0.3) is 5.92 Å². The van der Waals surface area contributed by atoms with Crippen LogP contribution in [0.2, 0.25) is 0 Å². The van der Waals surface area contributed by atoms with Crippen LogP contribution in [0.4, 0.5) is 14.5 Å². The molecule has 6 nitrogen and oxygen atoms in total. The average molecular weight is 320 g/mol. The van der Waals surface area contributed by atoms with E-state index < -0.39 is 23.7 Å². The molecule has 1 unspecified atom stereocenters. The number of aromatic carboxylic acids is 1. The fourth-order valence-corrected chi connectivity index (χ4v) is 3.14. The van der Waals surface area contributed by atoms with Crippen molar-refractivity contribution in [2.45, 2.75) is 12.5 Å². The van der Waals surface area contributed by atoms with E-state index in [1.54, 1.807) is 12.3 Å². The smallest absolute Gasteiger partial charge is 0.338 e. The van der Waals surface area contributed by atoms with Gasteiger partial charge in [-0.2, -0.15) is 5.10 Å². The number of aromatic nitrogens is 3. The van der Waals surface area contributed by atoms with Gasteiger partial charge in [0.15, 0.2) is 0 Å². The first-order valence-electron chi connectivity index (χ1n) is 7.28. The number of rotatable bonds is 4. The molecule has 3 heterocycles. The van der Waals surface area contributed by atoms with Crippen LogP contribution in [0.15, 0.2) is 30.7 Å². The first-order chi connectivity index (χ1) is 10.9. The lowest BCUT2D eigenvalue weighted by molar-refractivity contribution is 0.0696. The van der Waals surface area contributed by atoms with Crippen molar-refractivity contribution in [3.8, 4) is 0 Å². The molecule has 120 valence electrons. The van der Waals surface area contributed by atoms with Crippen molar-refractivity contribution in [3.63, 3.8) is 0 Å². The van der Waals surface area contributed by atoms with E-state index in [1.807, 2.05) is 11.0 Å². The second-order valence-electron chi connectivity index (χ2n) is 6.03. The first kappa shape index (κ1) is 14.1. The summed E-state index contributed by atoms with van der Waals surface area (Å²) in [7, 11) is 0. The largest absolute Gasteiger partial charge is 0.478 e. The Hall–Kier alpha value is -2.51. The van der Waals surface area contributed by atoms with Crippen molar-refractivity contribution in [2.75, 3.05) is 18.0 Å². The monoisotopic (exact) mass is 320 g/mol. The number of carboxylic acids is 1. The van der Waals surface area contributed by atoms with Gasteiger partial charge in [0.05, 0.1) is 47.7 Å². The van der Waals surface area contributed by atoms with Crippen LogP contribution in [0.5, 0.6) is 0 Å². The Morgan fingerprint density at radius 3 is 2.61 bits per heavy atom. The van der Waals surface area contributed by atoms with Crippen LogP contribution >= 0.6 is 0 Å². The molecule has 1 aliphatic carbocycles. The number of pyridine rings is 1. The lowest BCUT2D eigenvalue weighted by atomic mass is 10.3. The van der Waals surface area contributed by atoms with Gasteiger partial charge in [-0.3, -0.25) is 9.67 Å². The summed E-state index contributed by atoms with van der Waals surface area (Å²) in [5.41, 5.74) is 1.69. The summed E-state index contributed by atoms with van der Waals surface area (Å²) in [5, 5.41) is 12.8. The van der Waals surface area contributed by atoms with Gasteiger partial charge in [-0.15, -0.1) is 0 Å². The molecule has 8 heteroatoms. The molecule has 1 N–H and O–H groups in total. The predicted octanol–water partition coefficient (Wildman–Crippen LogP) is 1.73. The van der Waals surface area contributed by atoms with E-state index in [1.165, 1.54) is 17.1 Å². The fourth-order valence-electron chi connectivity index (χ4n) is 3.14. The number of fused-ring (bicyclic) bond motifs is 1. The maximum absolute atomic E-state index is 13.2. The molecule has 2 atom stereocenters. The summed E-state index contributed by atoms with van der Waals surface area (Å²) in [4.78, 5) is 17.0. The number of halogens is 2. The standard InChI is InChI=1S/C15H14F2N4O2/c16-15(17)12-7-20(8-13(12)15)11-2-1-10(18-4-11)6-21-5-9(3-19-21)14(22)23/h1-5,12-13H,6-8H2,(H,22,23)/t12-,13?/m0/s1. The zero-order valence-electron chi connectivity index (χ0n) is 12.1. The maximum Gasteiger partial charge on any atom is 0.338 e. The zero-order chi connectivity index (χ0) is 16.2. The Labute approximate surface area is 130 Å². The molecule has 2 aromatic rings. The molecular formula is C15H14F2N4O2. The van der Waals surface area contributed by atoms with E-state index in [0.29, 0.717) is 19.6 Å². The molecule has 23 heavy (non-hydrogen) atoms. The molecule has 2 aliphatic rings. The van der Waals surface area contributed by atoms with Gasteiger partial charge in [0, 0.05) is 19.3 Å². The SMILES string of the molecule is O=C(O)c1cnn(Cc2ccc(N3CC4[C@H](C3)C4(F)F)cn2)c1.